The van der Waals surface area contributed by atoms with Crippen molar-refractivity contribution in [3.05, 3.63) is 30.3 Å². The smallest absolute Gasteiger partial charge is 0.0571 e. The van der Waals surface area contributed by atoms with Crippen LogP contribution in [0.15, 0.2) is 30.3 Å². The van der Waals surface area contributed by atoms with Crippen molar-refractivity contribution < 1.29 is 4.52 Å². The second kappa shape index (κ2) is 5.29. The highest BCUT2D eigenvalue weighted by molar-refractivity contribution is 7.60. The molecule has 0 saturated carbocycles. The SMILES string of the molecule is CCCOP(C)c1ccccc1. The number of benzene rings is 1. The summed E-state index contributed by atoms with van der Waals surface area (Å²) in [7, 11) is -0.382. The van der Waals surface area contributed by atoms with Gasteiger partial charge in [0.05, 0.1) is 14.8 Å². The Morgan fingerprint density at radius 3 is 2.50 bits per heavy atom. The average Bonchev–Trinajstić information content (AvgIpc) is 2.15. The molecule has 0 heterocycles. The topological polar surface area (TPSA) is 9.23 Å². The molecule has 1 rings (SSSR count). The molecule has 1 aromatic rings. The molecular weight excluding hydrogens is 167 g/mol. The van der Waals surface area contributed by atoms with Gasteiger partial charge < -0.3 is 4.52 Å². The molecule has 1 atom stereocenters. The summed E-state index contributed by atoms with van der Waals surface area (Å²) < 4.78 is 5.64. The molecule has 0 amide bonds. The van der Waals surface area contributed by atoms with Gasteiger partial charge in [0.1, 0.15) is 0 Å². The maximum absolute atomic E-state index is 5.64. The molecule has 66 valence electrons. The standard InChI is InChI=1S/C10H15OP/c1-3-9-11-12(2)10-7-5-4-6-8-10/h4-8H,3,9H2,1-2H3. The van der Waals surface area contributed by atoms with Crippen molar-refractivity contribution in [2.75, 3.05) is 13.3 Å². The summed E-state index contributed by atoms with van der Waals surface area (Å²) in [6, 6.07) is 10.4. The first-order valence-electron chi connectivity index (χ1n) is 4.26. The van der Waals surface area contributed by atoms with Gasteiger partial charge in [-0.05, 0) is 13.1 Å². The van der Waals surface area contributed by atoms with E-state index in [9.17, 15) is 0 Å². The van der Waals surface area contributed by atoms with Crippen molar-refractivity contribution in [3.63, 3.8) is 0 Å². The average molecular weight is 182 g/mol. The molecule has 0 bridgehead atoms. The van der Waals surface area contributed by atoms with Crippen LogP contribution >= 0.6 is 8.15 Å². The van der Waals surface area contributed by atoms with Crippen LogP contribution in [0.5, 0.6) is 0 Å². The van der Waals surface area contributed by atoms with Gasteiger partial charge in [-0.3, -0.25) is 0 Å². The van der Waals surface area contributed by atoms with Crippen LogP contribution in [-0.4, -0.2) is 13.3 Å². The second-order valence-electron chi connectivity index (χ2n) is 2.67. The Balaban J connectivity index is 2.48. The highest BCUT2D eigenvalue weighted by Gasteiger charge is 2.02. The van der Waals surface area contributed by atoms with E-state index in [-0.39, 0.29) is 8.15 Å². The van der Waals surface area contributed by atoms with E-state index >= 15 is 0 Å². The first-order valence-corrected chi connectivity index (χ1v) is 5.97. The Hall–Kier alpha value is -0.390. The summed E-state index contributed by atoms with van der Waals surface area (Å²) in [5.74, 6) is 0. The molecule has 0 aliphatic carbocycles. The van der Waals surface area contributed by atoms with E-state index in [1.54, 1.807) is 0 Å². The highest BCUT2D eigenvalue weighted by Crippen LogP contribution is 2.30. The van der Waals surface area contributed by atoms with E-state index < -0.39 is 0 Å². The highest BCUT2D eigenvalue weighted by atomic mass is 31.1. The minimum Gasteiger partial charge on any atom is -0.355 e. The van der Waals surface area contributed by atoms with Gasteiger partial charge in [0.2, 0.25) is 0 Å². The lowest BCUT2D eigenvalue weighted by molar-refractivity contribution is 0.358. The summed E-state index contributed by atoms with van der Waals surface area (Å²) in [5.41, 5.74) is 0. The van der Waals surface area contributed by atoms with E-state index in [4.69, 9.17) is 4.52 Å². The van der Waals surface area contributed by atoms with Crippen molar-refractivity contribution in [1.29, 1.82) is 0 Å². The van der Waals surface area contributed by atoms with E-state index in [1.807, 2.05) is 6.07 Å². The second-order valence-corrected chi connectivity index (χ2v) is 4.44. The number of hydrogen-bond acceptors (Lipinski definition) is 1. The zero-order chi connectivity index (χ0) is 8.81. The van der Waals surface area contributed by atoms with E-state index in [2.05, 4.69) is 37.9 Å². The van der Waals surface area contributed by atoms with E-state index in [0.29, 0.717) is 0 Å². The minimum absolute atomic E-state index is 0.382. The first kappa shape index (κ1) is 9.70. The molecule has 0 radical (unpaired) electrons. The summed E-state index contributed by atoms with van der Waals surface area (Å²) in [6.45, 7) is 5.16. The van der Waals surface area contributed by atoms with Crippen LogP contribution < -0.4 is 5.30 Å². The van der Waals surface area contributed by atoms with Crippen molar-refractivity contribution in [2.24, 2.45) is 0 Å². The molecule has 12 heavy (non-hydrogen) atoms. The quantitative estimate of drug-likeness (QED) is 0.650. The van der Waals surface area contributed by atoms with Gasteiger partial charge in [-0.1, -0.05) is 37.3 Å². The summed E-state index contributed by atoms with van der Waals surface area (Å²) >= 11 is 0. The predicted octanol–water partition coefficient (Wildman–Crippen LogP) is 2.77. The lowest BCUT2D eigenvalue weighted by atomic mass is 10.4. The zero-order valence-electron chi connectivity index (χ0n) is 7.66. The molecule has 1 aromatic carbocycles. The van der Waals surface area contributed by atoms with Crippen LogP contribution in [0, 0.1) is 0 Å². The third-order valence-corrected chi connectivity index (χ3v) is 3.20. The zero-order valence-corrected chi connectivity index (χ0v) is 8.55. The minimum atomic E-state index is -0.382. The van der Waals surface area contributed by atoms with Gasteiger partial charge in [0.25, 0.3) is 0 Å². The normalized spacial score (nSPS) is 12.8. The molecule has 0 N–H and O–H groups in total. The summed E-state index contributed by atoms with van der Waals surface area (Å²) in [4.78, 5) is 0. The number of rotatable bonds is 4. The van der Waals surface area contributed by atoms with Crippen molar-refractivity contribution in [1.82, 2.24) is 0 Å². The predicted molar refractivity (Wildman–Crippen MR) is 55.2 cm³/mol. The van der Waals surface area contributed by atoms with Crippen LogP contribution in [0.25, 0.3) is 0 Å². The summed E-state index contributed by atoms with van der Waals surface area (Å²) in [6.07, 6.45) is 1.10. The maximum atomic E-state index is 5.64. The lowest BCUT2D eigenvalue weighted by Crippen LogP contribution is -2.01. The van der Waals surface area contributed by atoms with Crippen molar-refractivity contribution in [2.45, 2.75) is 13.3 Å². The van der Waals surface area contributed by atoms with Crippen LogP contribution in [-0.2, 0) is 4.52 Å². The Morgan fingerprint density at radius 2 is 1.92 bits per heavy atom. The Morgan fingerprint density at radius 1 is 1.25 bits per heavy atom. The third-order valence-electron chi connectivity index (χ3n) is 1.61. The first-order chi connectivity index (χ1) is 5.84. The fourth-order valence-electron chi connectivity index (χ4n) is 0.941. The number of hydrogen-bond donors (Lipinski definition) is 0. The van der Waals surface area contributed by atoms with Crippen LogP contribution in [0.3, 0.4) is 0 Å². The largest absolute Gasteiger partial charge is 0.355 e. The molecular formula is C10H15OP. The van der Waals surface area contributed by atoms with Gasteiger partial charge in [-0.25, -0.2) is 0 Å². The molecule has 1 unspecified atom stereocenters. The van der Waals surface area contributed by atoms with Crippen molar-refractivity contribution >= 4 is 13.5 Å². The van der Waals surface area contributed by atoms with Crippen molar-refractivity contribution in [3.8, 4) is 0 Å². The van der Waals surface area contributed by atoms with Gasteiger partial charge >= 0.3 is 0 Å². The third kappa shape index (κ3) is 2.92. The molecule has 2 heteroatoms. The van der Waals surface area contributed by atoms with Crippen LogP contribution in [0.4, 0.5) is 0 Å². The van der Waals surface area contributed by atoms with E-state index in [1.165, 1.54) is 5.30 Å². The fourth-order valence-corrected chi connectivity index (χ4v) is 2.14. The molecule has 0 aliphatic rings. The lowest BCUT2D eigenvalue weighted by Gasteiger charge is -2.11. The monoisotopic (exact) mass is 182 g/mol. The maximum Gasteiger partial charge on any atom is 0.0571 e. The molecule has 0 aromatic heterocycles. The van der Waals surface area contributed by atoms with Gasteiger partial charge in [0.15, 0.2) is 0 Å². The molecule has 0 spiro atoms. The van der Waals surface area contributed by atoms with E-state index in [0.717, 1.165) is 13.0 Å². The molecule has 0 fully saturated rings. The fraction of sp³-hybridized carbons (Fsp3) is 0.400. The van der Waals surface area contributed by atoms with Crippen LogP contribution in [0.2, 0.25) is 0 Å². The molecule has 0 saturated heterocycles. The molecule has 0 aliphatic heterocycles. The Labute approximate surface area is 75.6 Å². The molecule has 1 nitrogen and oxygen atoms in total. The Bertz CT molecular complexity index is 210. The Kier molecular flexibility index (Phi) is 4.27. The van der Waals surface area contributed by atoms with Crippen LogP contribution in [0.1, 0.15) is 13.3 Å². The van der Waals surface area contributed by atoms with Gasteiger partial charge in [-0.15, -0.1) is 0 Å². The summed E-state index contributed by atoms with van der Waals surface area (Å²) in [5, 5.41) is 1.32. The van der Waals surface area contributed by atoms with Gasteiger partial charge in [0, 0.05) is 5.30 Å². The van der Waals surface area contributed by atoms with Gasteiger partial charge in [-0.2, -0.15) is 0 Å².